The van der Waals surface area contributed by atoms with Gasteiger partial charge >= 0.3 is 0 Å². The number of hydrogen-bond acceptors (Lipinski definition) is 2. The highest BCUT2D eigenvalue weighted by molar-refractivity contribution is 7.25. The fraction of sp³-hybridized carbons (Fsp3) is 0. The van der Waals surface area contributed by atoms with Crippen molar-refractivity contribution in [3.63, 3.8) is 0 Å². The Labute approximate surface area is 377 Å². The van der Waals surface area contributed by atoms with Gasteiger partial charge in [0.1, 0.15) is 0 Å². The SMILES string of the molecule is c1ccc(-c2cccc(-c3ccccc3)c2N(c2cccc(-c3ccc4c(c3)c(-c3ccccc3)c(-c3ccccc3)c3ccccc34)c2)c2ccc3c(c2)sc2ccccc23)cc1. The number of para-hydroxylation sites is 1. The van der Waals surface area contributed by atoms with E-state index in [0.717, 1.165) is 22.6 Å². The molecule has 300 valence electrons. The second-order valence-electron chi connectivity index (χ2n) is 16.4. The number of hydrogen-bond donors (Lipinski definition) is 0. The molecule has 0 radical (unpaired) electrons. The van der Waals surface area contributed by atoms with Gasteiger partial charge in [-0.1, -0.05) is 212 Å². The fourth-order valence-corrected chi connectivity index (χ4v) is 10.9. The maximum atomic E-state index is 2.50. The van der Waals surface area contributed by atoms with Crippen molar-refractivity contribution in [2.45, 2.75) is 0 Å². The summed E-state index contributed by atoms with van der Waals surface area (Å²) in [6.45, 7) is 0. The molecule has 12 aromatic rings. The number of thiophene rings is 1. The Kier molecular flexibility index (Phi) is 9.43. The average molecular weight is 832 g/mol. The maximum Gasteiger partial charge on any atom is 0.0618 e. The van der Waals surface area contributed by atoms with E-state index in [1.165, 1.54) is 91.8 Å². The van der Waals surface area contributed by atoms with E-state index in [0.29, 0.717) is 0 Å². The first-order valence-electron chi connectivity index (χ1n) is 21.9. The van der Waals surface area contributed by atoms with Gasteiger partial charge < -0.3 is 4.90 Å². The van der Waals surface area contributed by atoms with Crippen LogP contribution in [0.5, 0.6) is 0 Å². The van der Waals surface area contributed by atoms with E-state index in [1.54, 1.807) is 0 Å². The van der Waals surface area contributed by atoms with Gasteiger partial charge in [-0.25, -0.2) is 0 Å². The summed E-state index contributed by atoms with van der Waals surface area (Å²) < 4.78 is 2.56. The third-order valence-corrected chi connectivity index (χ3v) is 13.8. The van der Waals surface area contributed by atoms with E-state index in [1.807, 2.05) is 11.3 Å². The largest absolute Gasteiger partial charge is 0.309 e. The zero-order valence-corrected chi connectivity index (χ0v) is 35.8. The van der Waals surface area contributed by atoms with Crippen LogP contribution in [0.3, 0.4) is 0 Å². The fourth-order valence-electron chi connectivity index (χ4n) is 9.75. The molecule has 0 amide bonds. The minimum atomic E-state index is 1.09. The van der Waals surface area contributed by atoms with Gasteiger partial charge in [0, 0.05) is 42.7 Å². The summed E-state index contributed by atoms with van der Waals surface area (Å²) in [5.41, 5.74) is 15.3. The van der Waals surface area contributed by atoms with E-state index in [9.17, 15) is 0 Å². The van der Waals surface area contributed by atoms with Crippen LogP contribution in [0.2, 0.25) is 0 Å². The molecule has 64 heavy (non-hydrogen) atoms. The third-order valence-electron chi connectivity index (χ3n) is 12.6. The van der Waals surface area contributed by atoms with Crippen molar-refractivity contribution in [1.29, 1.82) is 0 Å². The smallest absolute Gasteiger partial charge is 0.0618 e. The topological polar surface area (TPSA) is 3.24 Å². The van der Waals surface area contributed by atoms with Gasteiger partial charge in [-0.2, -0.15) is 0 Å². The maximum absolute atomic E-state index is 2.50. The average Bonchev–Trinajstić information content (AvgIpc) is 3.75. The van der Waals surface area contributed by atoms with Gasteiger partial charge in [0.05, 0.1) is 5.69 Å². The molecular formula is C62H41NS. The third kappa shape index (κ3) is 6.55. The normalized spacial score (nSPS) is 11.4. The second kappa shape index (κ2) is 16.0. The number of fused-ring (bicyclic) bond motifs is 6. The Balaban J connectivity index is 1.12. The molecule has 0 atom stereocenters. The minimum absolute atomic E-state index is 1.09. The summed E-state index contributed by atoms with van der Waals surface area (Å²) in [7, 11) is 0. The van der Waals surface area contributed by atoms with Crippen LogP contribution in [0.25, 0.3) is 97.4 Å². The Bertz CT molecular complexity index is 3590. The van der Waals surface area contributed by atoms with E-state index < -0.39 is 0 Å². The lowest BCUT2D eigenvalue weighted by atomic mass is 9.84. The summed E-state index contributed by atoms with van der Waals surface area (Å²) >= 11 is 1.86. The lowest BCUT2D eigenvalue weighted by Crippen LogP contribution is -2.12. The lowest BCUT2D eigenvalue weighted by molar-refractivity contribution is 1.29. The Morgan fingerprint density at radius 2 is 0.703 bits per heavy atom. The Morgan fingerprint density at radius 3 is 1.36 bits per heavy atom. The minimum Gasteiger partial charge on any atom is -0.309 e. The molecule has 12 rings (SSSR count). The van der Waals surface area contributed by atoms with Gasteiger partial charge in [-0.05, 0) is 102 Å². The molecule has 2 heteroatoms. The summed E-state index contributed by atoms with van der Waals surface area (Å²) in [6, 6.07) is 91.1. The number of nitrogens with zero attached hydrogens (tertiary/aromatic N) is 1. The highest BCUT2D eigenvalue weighted by atomic mass is 32.1. The van der Waals surface area contributed by atoms with Gasteiger partial charge in [0.2, 0.25) is 0 Å². The van der Waals surface area contributed by atoms with Crippen molar-refractivity contribution in [3.05, 3.63) is 249 Å². The number of anilines is 3. The monoisotopic (exact) mass is 831 g/mol. The van der Waals surface area contributed by atoms with Crippen molar-refractivity contribution in [2.24, 2.45) is 0 Å². The first-order valence-corrected chi connectivity index (χ1v) is 22.7. The van der Waals surface area contributed by atoms with Crippen LogP contribution < -0.4 is 4.90 Å². The van der Waals surface area contributed by atoms with Crippen molar-refractivity contribution >= 4 is 70.1 Å². The molecule has 0 aliphatic carbocycles. The molecule has 0 aliphatic heterocycles. The van der Waals surface area contributed by atoms with Crippen LogP contribution in [-0.4, -0.2) is 0 Å². The molecule has 0 unspecified atom stereocenters. The molecule has 0 spiro atoms. The van der Waals surface area contributed by atoms with Crippen LogP contribution in [0.15, 0.2) is 249 Å². The summed E-state index contributed by atoms with van der Waals surface area (Å²) in [5, 5.41) is 7.57. The Morgan fingerprint density at radius 1 is 0.250 bits per heavy atom. The lowest BCUT2D eigenvalue weighted by Gasteiger charge is -2.31. The zero-order valence-electron chi connectivity index (χ0n) is 35.0. The van der Waals surface area contributed by atoms with Crippen molar-refractivity contribution < 1.29 is 0 Å². The van der Waals surface area contributed by atoms with Gasteiger partial charge in [-0.15, -0.1) is 11.3 Å². The van der Waals surface area contributed by atoms with E-state index >= 15 is 0 Å². The van der Waals surface area contributed by atoms with Crippen molar-refractivity contribution in [2.75, 3.05) is 4.90 Å². The highest BCUT2D eigenvalue weighted by Crippen LogP contribution is 2.50. The number of benzene rings is 11. The van der Waals surface area contributed by atoms with E-state index in [4.69, 9.17) is 0 Å². The predicted molar refractivity (Wildman–Crippen MR) is 276 cm³/mol. The Hall–Kier alpha value is -8.04. The number of rotatable bonds is 8. The first kappa shape index (κ1) is 37.7. The van der Waals surface area contributed by atoms with Crippen molar-refractivity contribution in [3.8, 4) is 55.6 Å². The van der Waals surface area contributed by atoms with E-state index in [2.05, 4.69) is 254 Å². The molecule has 1 heterocycles. The second-order valence-corrected chi connectivity index (χ2v) is 17.5. The molecule has 0 aliphatic rings. The highest BCUT2D eigenvalue weighted by Gasteiger charge is 2.24. The molecule has 11 aromatic carbocycles. The van der Waals surface area contributed by atoms with Crippen molar-refractivity contribution in [1.82, 2.24) is 0 Å². The summed E-state index contributed by atoms with van der Waals surface area (Å²) in [5.74, 6) is 0. The molecule has 0 fully saturated rings. The molecule has 0 N–H and O–H groups in total. The molecule has 1 nitrogen and oxygen atoms in total. The summed E-state index contributed by atoms with van der Waals surface area (Å²) in [6.07, 6.45) is 0. The molecule has 0 saturated carbocycles. The molecule has 1 aromatic heterocycles. The molecular weight excluding hydrogens is 791 g/mol. The van der Waals surface area contributed by atoms with E-state index in [-0.39, 0.29) is 0 Å². The first-order chi connectivity index (χ1) is 31.8. The van der Waals surface area contributed by atoms with Crippen LogP contribution in [0.1, 0.15) is 0 Å². The standard InChI is InChI=1S/C62H41NS/c1-5-19-42(20-6-1)50-32-18-33-51(43-21-7-2-8-22-43)62(50)63(49-36-38-55-54-30-15-16-34-58(54)64-59(55)41-49)48-28-17-27-46(39-48)47-35-37-53-52-29-13-14-31-56(52)60(44-23-9-3-10-24-44)61(57(53)40-47)45-25-11-4-12-26-45/h1-41H. The van der Waals surface area contributed by atoms with Crippen LogP contribution in [-0.2, 0) is 0 Å². The van der Waals surface area contributed by atoms with Crippen LogP contribution >= 0.6 is 11.3 Å². The van der Waals surface area contributed by atoms with Gasteiger partial charge in [0.25, 0.3) is 0 Å². The zero-order chi connectivity index (χ0) is 42.4. The molecule has 0 bridgehead atoms. The van der Waals surface area contributed by atoms with Gasteiger partial charge in [0.15, 0.2) is 0 Å². The van der Waals surface area contributed by atoms with Crippen LogP contribution in [0.4, 0.5) is 17.1 Å². The summed E-state index contributed by atoms with van der Waals surface area (Å²) in [4.78, 5) is 2.50. The van der Waals surface area contributed by atoms with Crippen LogP contribution in [0, 0.1) is 0 Å². The van der Waals surface area contributed by atoms with Gasteiger partial charge in [-0.3, -0.25) is 0 Å². The quantitative estimate of drug-likeness (QED) is 0.138. The predicted octanol–water partition coefficient (Wildman–Crippen LogP) is 18.2. The molecule has 0 saturated heterocycles.